The Morgan fingerprint density at radius 3 is 2.43 bits per heavy atom. The number of ketones is 1. The monoisotopic (exact) mass is 491 g/mol. The van der Waals surface area contributed by atoms with Gasteiger partial charge in [0.25, 0.3) is 11.7 Å². The van der Waals surface area contributed by atoms with Gasteiger partial charge in [0, 0.05) is 16.8 Å². The highest BCUT2D eigenvalue weighted by molar-refractivity contribution is 6.51. The Labute approximate surface area is 209 Å². The van der Waals surface area contributed by atoms with Crippen LogP contribution in [0.4, 0.5) is 5.69 Å². The van der Waals surface area contributed by atoms with Gasteiger partial charge in [0.15, 0.2) is 0 Å². The van der Waals surface area contributed by atoms with Crippen LogP contribution in [-0.2, 0) is 9.59 Å². The molecule has 1 N–H and O–H groups in total. The first-order chi connectivity index (χ1) is 16.8. The van der Waals surface area contributed by atoms with Crippen LogP contribution in [0.3, 0.4) is 0 Å². The van der Waals surface area contributed by atoms with Crippen molar-refractivity contribution in [1.82, 2.24) is 0 Å². The molecule has 1 atom stereocenters. The number of anilines is 1. The number of halogens is 1. The van der Waals surface area contributed by atoms with Crippen LogP contribution in [0.2, 0.25) is 5.02 Å². The summed E-state index contributed by atoms with van der Waals surface area (Å²) >= 11 is 6.22. The molecule has 0 radical (unpaired) electrons. The van der Waals surface area contributed by atoms with Crippen molar-refractivity contribution in [3.63, 3.8) is 0 Å². The number of methoxy groups -OCH3 is 1. The van der Waals surface area contributed by atoms with Gasteiger partial charge >= 0.3 is 0 Å². The zero-order valence-corrected chi connectivity index (χ0v) is 20.7. The lowest BCUT2D eigenvalue weighted by Crippen LogP contribution is -2.29. The Balaban J connectivity index is 1.98. The van der Waals surface area contributed by atoms with Gasteiger partial charge < -0.3 is 14.6 Å². The molecule has 3 aromatic rings. The van der Waals surface area contributed by atoms with Gasteiger partial charge in [-0.25, -0.2) is 0 Å². The van der Waals surface area contributed by atoms with Crippen molar-refractivity contribution in [2.45, 2.75) is 26.8 Å². The number of amides is 1. The quantitative estimate of drug-likeness (QED) is 0.260. The molecule has 0 saturated carbocycles. The molecule has 1 aliphatic rings. The topological polar surface area (TPSA) is 76.1 Å². The molecule has 0 bridgehead atoms. The van der Waals surface area contributed by atoms with Crippen molar-refractivity contribution in [3.05, 3.63) is 93.5 Å². The van der Waals surface area contributed by atoms with Crippen LogP contribution in [-0.4, -0.2) is 30.5 Å². The third kappa shape index (κ3) is 4.37. The second-order valence-corrected chi connectivity index (χ2v) is 8.67. The first kappa shape index (κ1) is 24.4. The molecule has 1 fully saturated rings. The highest BCUT2D eigenvalue weighted by Gasteiger charge is 2.48. The average Bonchev–Trinajstić information content (AvgIpc) is 3.12. The predicted molar refractivity (Wildman–Crippen MR) is 136 cm³/mol. The van der Waals surface area contributed by atoms with E-state index in [4.69, 9.17) is 21.1 Å². The van der Waals surface area contributed by atoms with Gasteiger partial charge in [0.05, 0.1) is 30.4 Å². The van der Waals surface area contributed by atoms with E-state index in [0.29, 0.717) is 39.9 Å². The molecule has 1 aliphatic heterocycles. The number of carbonyl (C=O) groups is 2. The summed E-state index contributed by atoms with van der Waals surface area (Å²) in [6, 6.07) is 16.5. The molecule has 6 nitrogen and oxygen atoms in total. The smallest absolute Gasteiger partial charge is 0.300 e. The van der Waals surface area contributed by atoms with Gasteiger partial charge in [-0.15, -0.1) is 0 Å². The van der Waals surface area contributed by atoms with Crippen LogP contribution in [0.25, 0.3) is 5.76 Å². The van der Waals surface area contributed by atoms with Gasteiger partial charge in [-0.05, 0) is 68.3 Å². The maximum atomic E-state index is 13.4. The lowest BCUT2D eigenvalue weighted by molar-refractivity contribution is -0.132. The molecule has 35 heavy (non-hydrogen) atoms. The summed E-state index contributed by atoms with van der Waals surface area (Å²) in [5, 5.41) is 11.8. The number of aliphatic hydroxyl groups excluding tert-OH is 1. The summed E-state index contributed by atoms with van der Waals surface area (Å²) < 4.78 is 11.1. The summed E-state index contributed by atoms with van der Waals surface area (Å²) in [6.07, 6.45) is 0. The molecule has 180 valence electrons. The zero-order valence-electron chi connectivity index (χ0n) is 20.0. The van der Waals surface area contributed by atoms with Gasteiger partial charge in [-0.2, -0.15) is 0 Å². The summed E-state index contributed by atoms with van der Waals surface area (Å²) in [7, 11) is 1.52. The Morgan fingerprint density at radius 2 is 1.74 bits per heavy atom. The normalized spacial score (nSPS) is 17.1. The molecule has 1 unspecified atom stereocenters. The number of hydrogen-bond donors (Lipinski definition) is 1. The van der Waals surface area contributed by atoms with Crippen molar-refractivity contribution in [2.24, 2.45) is 0 Å². The predicted octanol–water partition coefficient (Wildman–Crippen LogP) is 5.99. The number of benzene rings is 3. The van der Waals surface area contributed by atoms with E-state index < -0.39 is 17.7 Å². The number of carbonyl (C=O) groups excluding carboxylic acids is 2. The summed E-state index contributed by atoms with van der Waals surface area (Å²) in [6.45, 7) is 6.11. The number of hydrogen-bond acceptors (Lipinski definition) is 5. The Morgan fingerprint density at radius 1 is 1.00 bits per heavy atom. The molecule has 1 amide bonds. The van der Waals surface area contributed by atoms with E-state index in [1.807, 2.05) is 32.9 Å². The first-order valence-electron chi connectivity index (χ1n) is 11.2. The van der Waals surface area contributed by atoms with Crippen LogP contribution < -0.4 is 14.4 Å². The molecule has 7 heteroatoms. The number of aliphatic hydroxyl groups is 1. The maximum absolute atomic E-state index is 13.4. The summed E-state index contributed by atoms with van der Waals surface area (Å²) in [4.78, 5) is 28.2. The van der Waals surface area contributed by atoms with E-state index in [-0.39, 0.29) is 11.3 Å². The SMILES string of the molecule is CCOc1cc(/C(O)=C2\C(=O)C(=O)N(c3ccc(C)c(C)c3)C2c2ccccc2OC)ccc1Cl. The Hall–Kier alpha value is -3.77. The standard InChI is InChI=1S/C28H26ClNO5/c1-5-35-23-15-18(11-13-21(23)29)26(31)24-25(20-8-6-7-9-22(20)34-4)30(28(33)27(24)32)19-12-10-16(2)17(3)14-19/h6-15,25,31H,5H2,1-4H3/b26-24+. The molecule has 0 aromatic heterocycles. The number of nitrogens with zero attached hydrogens (tertiary/aromatic N) is 1. The maximum Gasteiger partial charge on any atom is 0.300 e. The molecule has 0 aliphatic carbocycles. The fourth-order valence-corrected chi connectivity index (χ4v) is 4.41. The molecular weight excluding hydrogens is 466 g/mol. The van der Waals surface area contributed by atoms with Crippen LogP contribution in [0.5, 0.6) is 11.5 Å². The van der Waals surface area contributed by atoms with Gasteiger partial charge in [-0.3, -0.25) is 14.5 Å². The lowest BCUT2D eigenvalue weighted by Gasteiger charge is -2.27. The second kappa shape index (κ2) is 9.84. The van der Waals surface area contributed by atoms with Crippen molar-refractivity contribution < 1.29 is 24.2 Å². The fraction of sp³-hybridized carbons (Fsp3) is 0.214. The Kier molecular flexibility index (Phi) is 6.85. The first-order valence-corrected chi connectivity index (χ1v) is 11.6. The average molecular weight is 492 g/mol. The molecule has 4 rings (SSSR count). The number of rotatable bonds is 6. The number of aryl methyl sites for hydroxylation is 2. The minimum absolute atomic E-state index is 0.0394. The highest BCUT2D eigenvalue weighted by Crippen LogP contribution is 2.45. The van der Waals surface area contributed by atoms with E-state index >= 15 is 0 Å². The molecule has 3 aromatic carbocycles. The Bertz CT molecular complexity index is 1350. The van der Waals surface area contributed by atoms with Crippen LogP contribution in [0.15, 0.2) is 66.2 Å². The van der Waals surface area contributed by atoms with Crippen molar-refractivity contribution >= 4 is 34.7 Å². The number of ether oxygens (including phenoxy) is 2. The van der Waals surface area contributed by atoms with Gasteiger partial charge in [-0.1, -0.05) is 35.9 Å². The summed E-state index contributed by atoms with van der Waals surface area (Å²) in [5.41, 5.74) is 3.44. The number of Topliss-reactive ketones (excluding diaryl/α,β-unsaturated/α-hetero) is 1. The minimum atomic E-state index is -0.903. The van der Waals surface area contributed by atoms with Crippen LogP contribution in [0.1, 0.15) is 35.2 Å². The van der Waals surface area contributed by atoms with Crippen molar-refractivity contribution in [2.75, 3.05) is 18.6 Å². The fourth-order valence-electron chi connectivity index (χ4n) is 4.23. The van der Waals surface area contributed by atoms with Gasteiger partial charge in [0.1, 0.15) is 17.3 Å². The molecule has 0 spiro atoms. The third-order valence-corrected chi connectivity index (χ3v) is 6.46. The van der Waals surface area contributed by atoms with E-state index in [1.165, 1.54) is 12.0 Å². The van der Waals surface area contributed by atoms with E-state index in [1.54, 1.807) is 48.5 Å². The zero-order chi connectivity index (χ0) is 25.3. The van der Waals surface area contributed by atoms with E-state index in [2.05, 4.69) is 0 Å². The van der Waals surface area contributed by atoms with E-state index in [0.717, 1.165) is 11.1 Å². The lowest BCUT2D eigenvalue weighted by atomic mass is 9.94. The van der Waals surface area contributed by atoms with Crippen LogP contribution >= 0.6 is 11.6 Å². The molecular formula is C28H26ClNO5. The summed E-state index contributed by atoms with van der Waals surface area (Å²) in [5.74, 6) is -0.974. The van der Waals surface area contributed by atoms with Gasteiger partial charge in [0.2, 0.25) is 0 Å². The van der Waals surface area contributed by atoms with Crippen molar-refractivity contribution in [3.8, 4) is 11.5 Å². The van der Waals surface area contributed by atoms with Crippen LogP contribution in [0, 0.1) is 13.8 Å². The second-order valence-electron chi connectivity index (χ2n) is 8.26. The molecule has 1 saturated heterocycles. The third-order valence-electron chi connectivity index (χ3n) is 6.15. The number of para-hydroxylation sites is 1. The largest absolute Gasteiger partial charge is 0.507 e. The van der Waals surface area contributed by atoms with E-state index in [9.17, 15) is 14.7 Å². The highest BCUT2D eigenvalue weighted by atomic mass is 35.5. The minimum Gasteiger partial charge on any atom is -0.507 e. The molecule has 1 heterocycles. The van der Waals surface area contributed by atoms with Crippen molar-refractivity contribution in [1.29, 1.82) is 0 Å².